The maximum absolute atomic E-state index is 4.71. The van der Waals surface area contributed by atoms with Gasteiger partial charge in [-0.1, -0.05) is 42.8 Å². The fourth-order valence-electron chi connectivity index (χ4n) is 4.48. The monoisotopic (exact) mass is 344 g/mol. The lowest BCUT2D eigenvalue weighted by Crippen LogP contribution is -2.59. The highest BCUT2D eigenvalue weighted by atomic mass is 15.3. The van der Waals surface area contributed by atoms with E-state index in [9.17, 15) is 0 Å². The molecule has 2 aliphatic rings. The highest BCUT2D eigenvalue weighted by Crippen LogP contribution is 2.29. The minimum atomic E-state index is 0.645. The number of hydrogen-bond acceptors (Lipinski definition) is 4. The summed E-state index contributed by atoms with van der Waals surface area (Å²) in [5.74, 6) is 0.875. The van der Waals surface area contributed by atoms with Crippen LogP contribution in [-0.2, 0) is 0 Å². The van der Waals surface area contributed by atoms with Gasteiger partial charge in [0, 0.05) is 43.1 Å². The molecule has 2 unspecified atom stereocenters. The lowest BCUT2D eigenvalue weighted by molar-refractivity contribution is 0.0943. The van der Waals surface area contributed by atoms with Gasteiger partial charge in [0.05, 0.1) is 0 Å². The number of nitrogens with zero attached hydrogens (tertiary/aromatic N) is 4. The van der Waals surface area contributed by atoms with Crippen molar-refractivity contribution in [1.82, 2.24) is 14.9 Å². The van der Waals surface area contributed by atoms with Crippen molar-refractivity contribution in [2.45, 2.75) is 31.3 Å². The Balaban J connectivity index is 1.40. The zero-order chi connectivity index (χ0) is 17.5. The van der Waals surface area contributed by atoms with Crippen molar-refractivity contribution in [3.05, 3.63) is 54.9 Å². The molecule has 0 saturated carbocycles. The molecule has 4 heteroatoms. The lowest BCUT2D eigenvalue weighted by Gasteiger charge is -2.48. The van der Waals surface area contributed by atoms with Gasteiger partial charge in [0.25, 0.3) is 0 Å². The van der Waals surface area contributed by atoms with E-state index in [1.54, 1.807) is 0 Å². The number of fused-ring (bicyclic) bond motifs is 3. The Morgan fingerprint density at radius 3 is 2.27 bits per heavy atom. The van der Waals surface area contributed by atoms with Crippen molar-refractivity contribution in [1.29, 1.82) is 0 Å². The molecule has 0 amide bonds. The number of piperidine rings is 1. The summed E-state index contributed by atoms with van der Waals surface area (Å²) in [4.78, 5) is 14.3. The third kappa shape index (κ3) is 2.74. The van der Waals surface area contributed by atoms with E-state index < -0.39 is 0 Å². The van der Waals surface area contributed by atoms with Gasteiger partial charge >= 0.3 is 0 Å². The first kappa shape index (κ1) is 15.8. The first-order valence-corrected chi connectivity index (χ1v) is 9.56. The van der Waals surface area contributed by atoms with Gasteiger partial charge < -0.3 is 4.90 Å². The number of likely N-dealkylation sites (N-methyl/N-ethyl adjacent to an activating group) is 1. The molecule has 2 bridgehead atoms. The summed E-state index contributed by atoms with van der Waals surface area (Å²) in [6.45, 7) is 2.09. The van der Waals surface area contributed by atoms with Crippen molar-refractivity contribution < 1.29 is 0 Å². The van der Waals surface area contributed by atoms with E-state index in [-0.39, 0.29) is 0 Å². The van der Waals surface area contributed by atoms with Crippen LogP contribution in [0.15, 0.2) is 54.9 Å². The van der Waals surface area contributed by atoms with E-state index in [2.05, 4.69) is 59.3 Å². The van der Waals surface area contributed by atoms with Crippen LogP contribution in [0.3, 0.4) is 0 Å². The van der Waals surface area contributed by atoms with Gasteiger partial charge in [-0.2, -0.15) is 0 Å². The molecule has 2 aromatic carbocycles. The molecule has 132 valence electrons. The summed E-state index contributed by atoms with van der Waals surface area (Å²) in [7, 11) is 2.27. The molecule has 0 aliphatic carbocycles. The Hall–Kier alpha value is -2.46. The molecule has 2 aliphatic heterocycles. The normalized spacial score (nSPS) is 23.3. The number of piperazine rings is 1. The molecule has 3 aromatic rings. The Kier molecular flexibility index (Phi) is 3.86. The van der Waals surface area contributed by atoms with Gasteiger partial charge in [0.2, 0.25) is 5.95 Å². The van der Waals surface area contributed by atoms with Crippen molar-refractivity contribution in [3.8, 4) is 11.1 Å². The summed E-state index contributed by atoms with van der Waals surface area (Å²) in [5.41, 5.74) is 2.25. The molecule has 5 rings (SSSR count). The van der Waals surface area contributed by atoms with Crippen LogP contribution in [0.1, 0.15) is 19.3 Å². The third-order valence-corrected chi connectivity index (χ3v) is 6.09. The van der Waals surface area contributed by atoms with E-state index in [0.29, 0.717) is 12.1 Å². The number of anilines is 1. The first-order valence-electron chi connectivity index (χ1n) is 9.56. The third-order valence-electron chi connectivity index (χ3n) is 6.09. The number of hydrogen-bond donors (Lipinski definition) is 0. The molecule has 2 fully saturated rings. The fourth-order valence-corrected chi connectivity index (χ4v) is 4.48. The first-order chi connectivity index (χ1) is 12.8. The summed E-state index contributed by atoms with van der Waals surface area (Å²) in [5, 5.41) is 2.51. The van der Waals surface area contributed by atoms with Crippen LogP contribution < -0.4 is 4.90 Å². The van der Waals surface area contributed by atoms with Gasteiger partial charge in [0.1, 0.15) is 0 Å². The highest BCUT2D eigenvalue weighted by molar-refractivity contribution is 5.87. The van der Waals surface area contributed by atoms with Crippen LogP contribution in [-0.4, -0.2) is 47.1 Å². The molecular formula is C22H24N4. The molecule has 0 N–H and O–H groups in total. The number of rotatable bonds is 2. The van der Waals surface area contributed by atoms with E-state index in [4.69, 9.17) is 9.97 Å². The molecule has 2 atom stereocenters. The number of aromatic nitrogens is 2. The number of benzene rings is 2. The minimum Gasteiger partial charge on any atom is -0.338 e. The predicted molar refractivity (Wildman–Crippen MR) is 106 cm³/mol. The molecule has 2 saturated heterocycles. The second-order valence-corrected chi connectivity index (χ2v) is 7.64. The van der Waals surface area contributed by atoms with E-state index >= 15 is 0 Å². The van der Waals surface area contributed by atoms with Crippen molar-refractivity contribution in [2.75, 3.05) is 25.0 Å². The Morgan fingerprint density at radius 1 is 0.846 bits per heavy atom. The zero-order valence-corrected chi connectivity index (χ0v) is 15.2. The van der Waals surface area contributed by atoms with Crippen molar-refractivity contribution in [3.63, 3.8) is 0 Å². The molecular weight excluding hydrogens is 320 g/mol. The van der Waals surface area contributed by atoms with E-state index in [0.717, 1.165) is 24.6 Å². The van der Waals surface area contributed by atoms with Crippen molar-refractivity contribution in [2.24, 2.45) is 0 Å². The molecule has 0 radical (unpaired) electrons. The largest absolute Gasteiger partial charge is 0.338 e. The van der Waals surface area contributed by atoms with Gasteiger partial charge in [0.15, 0.2) is 0 Å². The topological polar surface area (TPSA) is 32.3 Å². The summed E-state index contributed by atoms with van der Waals surface area (Å²) in [6.07, 6.45) is 7.88. The van der Waals surface area contributed by atoms with Crippen molar-refractivity contribution >= 4 is 16.7 Å². The maximum Gasteiger partial charge on any atom is 0.225 e. The van der Waals surface area contributed by atoms with Gasteiger partial charge in [-0.3, -0.25) is 4.90 Å². The van der Waals surface area contributed by atoms with E-state index in [1.165, 1.54) is 35.6 Å². The second kappa shape index (κ2) is 6.36. The lowest BCUT2D eigenvalue weighted by atomic mass is 9.92. The molecule has 26 heavy (non-hydrogen) atoms. The summed E-state index contributed by atoms with van der Waals surface area (Å²) < 4.78 is 0. The Labute approximate surface area is 154 Å². The fraction of sp³-hybridized carbons (Fsp3) is 0.364. The Bertz CT molecular complexity index is 907. The van der Waals surface area contributed by atoms with Gasteiger partial charge in [-0.25, -0.2) is 9.97 Å². The predicted octanol–water partition coefficient (Wildman–Crippen LogP) is 3.97. The van der Waals surface area contributed by atoms with Crippen LogP contribution in [0.4, 0.5) is 5.95 Å². The molecule has 4 nitrogen and oxygen atoms in total. The molecule has 3 heterocycles. The second-order valence-electron chi connectivity index (χ2n) is 7.64. The Morgan fingerprint density at radius 2 is 1.54 bits per heavy atom. The SMILES string of the molecule is CN1C2CCCC1CN(c1ncc(-c3ccc4ccccc4c3)cn1)C2. The van der Waals surface area contributed by atoms with Crippen LogP contribution in [0.25, 0.3) is 21.9 Å². The van der Waals surface area contributed by atoms with Gasteiger partial charge in [-0.05, 0) is 42.3 Å². The minimum absolute atomic E-state index is 0.645. The average Bonchev–Trinajstić information content (AvgIpc) is 2.68. The standard InChI is InChI=1S/C22H24N4/c1-25-20-7-4-8-21(25)15-26(14-20)22-23-12-19(13-24-22)18-10-9-16-5-2-3-6-17(16)11-18/h2-3,5-6,9-13,20-21H,4,7-8,14-15H2,1H3. The zero-order valence-electron chi connectivity index (χ0n) is 15.2. The smallest absolute Gasteiger partial charge is 0.225 e. The van der Waals surface area contributed by atoms with E-state index in [1.807, 2.05) is 12.4 Å². The van der Waals surface area contributed by atoms with Crippen LogP contribution >= 0.6 is 0 Å². The maximum atomic E-state index is 4.71. The van der Waals surface area contributed by atoms with Crippen LogP contribution in [0.5, 0.6) is 0 Å². The average molecular weight is 344 g/mol. The van der Waals surface area contributed by atoms with Gasteiger partial charge in [-0.15, -0.1) is 0 Å². The molecule has 1 aromatic heterocycles. The van der Waals surface area contributed by atoms with Crippen LogP contribution in [0, 0.1) is 0 Å². The quantitative estimate of drug-likeness (QED) is 0.704. The summed E-state index contributed by atoms with van der Waals surface area (Å²) >= 11 is 0. The summed E-state index contributed by atoms with van der Waals surface area (Å²) in [6, 6.07) is 16.3. The highest BCUT2D eigenvalue weighted by Gasteiger charge is 2.35. The van der Waals surface area contributed by atoms with Crippen LogP contribution in [0.2, 0.25) is 0 Å². The molecule has 0 spiro atoms.